The molecule has 0 aliphatic carbocycles. The second-order valence-corrected chi connectivity index (χ2v) is 34.2. The maximum Gasteiger partial charge on any atom is 0.0620 e. The highest BCUT2D eigenvalue weighted by atomic mass is 15.0. The Labute approximate surface area is 749 Å². The monoisotopic (exact) mass is 1650 g/mol. The lowest BCUT2D eigenvalue weighted by Gasteiger charge is -2.11. The molecule has 0 aliphatic rings. The first-order valence-corrected chi connectivity index (χ1v) is 44.8. The fraction of sp³-hybridized carbons (Fsp3) is 0. The maximum absolute atomic E-state index is 2.44. The maximum atomic E-state index is 2.44. The van der Waals surface area contributed by atoms with Gasteiger partial charge in [-0.3, -0.25) is 0 Å². The summed E-state index contributed by atoms with van der Waals surface area (Å²) in [6.45, 7) is 0. The molecule has 0 bridgehead atoms. The molecule has 28 rings (SSSR count). The molecule has 606 valence electrons. The normalized spacial score (nSPS) is 11.8. The molecule has 21 aromatic carbocycles. The Bertz CT molecular complexity index is 9110. The Morgan fingerprint density at radius 3 is 0.708 bits per heavy atom. The predicted molar refractivity (Wildman–Crippen MR) is 550 cm³/mol. The minimum Gasteiger partial charge on any atom is -0.309 e. The zero-order chi connectivity index (χ0) is 85.4. The van der Waals surface area contributed by atoms with Crippen molar-refractivity contribution >= 4 is 158 Å². The van der Waals surface area contributed by atoms with E-state index in [-0.39, 0.29) is 0 Å². The van der Waals surface area contributed by atoms with Crippen molar-refractivity contribution in [3.8, 4) is 84.1 Å². The van der Waals surface area contributed by atoms with Crippen LogP contribution in [0, 0.1) is 0 Å². The Hall–Kier alpha value is -17.3. The van der Waals surface area contributed by atoms with Crippen LogP contribution in [-0.4, -0.2) is 27.2 Å². The van der Waals surface area contributed by atoms with Crippen molar-refractivity contribution in [3.05, 3.63) is 485 Å². The van der Waals surface area contributed by atoms with Gasteiger partial charge in [-0.2, -0.15) is 0 Å². The summed E-state index contributed by atoms with van der Waals surface area (Å²) in [6.07, 6.45) is 0. The number of nitrogens with zero attached hydrogens (tertiary/aromatic N) is 6. The number of para-hydroxylation sites is 9. The van der Waals surface area contributed by atoms with Crippen LogP contribution >= 0.6 is 0 Å². The molecule has 0 amide bonds. The fourth-order valence-electron chi connectivity index (χ4n) is 21.2. The number of aromatic nitrogens is 6. The molecule has 7 aromatic heterocycles. The molecule has 0 N–H and O–H groups in total. The lowest BCUT2D eigenvalue weighted by atomic mass is 10.00. The molecule has 0 radical (unpaired) electrons. The predicted octanol–water partition coefficient (Wildman–Crippen LogP) is 33.2. The SMILES string of the molecule is c1ccc(-c2ccc(-n3c4ccccc4c4cc(-c5ccc6c(c5)c5ccccc5n6-c5ccc(-c6ccccc6)cc5)ccc43)cc2)cc1.c1ccc(-n2c3ccccc3c3cc(-c4ccc5c(c4)c4ccc6ccccc6c4n5-c4ccccc4)ccc32)cc1.c1ccc(-n2c3ccccc3c3cc(-c4ccc5c(c4)c4cccc6c7ccccc7n5c64)ccc32)cc1. The first-order valence-electron chi connectivity index (χ1n) is 44.8. The Morgan fingerprint density at radius 1 is 0.108 bits per heavy atom. The van der Waals surface area contributed by atoms with Crippen LogP contribution in [0.5, 0.6) is 0 Å². The van der Waals surface area contributed by atoms with Crippen molar-refractivity contribution in [1.29, 1.82) is 0 Å². The quantitative estimate of drug-likeness (QED) is 0.131. The van der Waals surface area contributed by atoms with E-state index in [4.69, 9.17) is 0 Å². The summed E-state index contributed by atoms with van der Waals surface area (Å²) in [5, 5.41) is 20.5. The first kappa shape index (κ1) is 74.1. The van der Waals surface area contributed by atoms with Crippen molar-refractivity contribution in [2.75, 3.05) is 0 Å². The highest BCUT2D eigenvalue weighted by Crippen LogP contribution is 2.46. The van der Waals surface area contributed by atoms with Crippen LogP contribution in [-0.2, 0) is 0 Å². The van der Waals surface area contributed by atoms with Gasteiger partial charge in [-0.05, 0) is 225 Å². The van der Waals surface area contributed by atoms with Crippen LogP contribution in [0.2, 0.25) is 0 Å². The standard InChI is InChI=1S/C48H32N2.C40H26N2.C36H22N2/c1-3-11-33(12-4-1)35-19-25-39(26-20-35)49-45-17-9-7-15-41(45)43-31-37(23-29-47(43)49)38-24-30-48-44(32-38)42-16-8-10-18-46(42)50(48)40-27-21-36(22-28-40)34-13-5-2-6-14-34;1-3-12-30(13-4-1)41-37-18-10-9-17-33(37)35-25-28(20-23-38(35)41)29-21-24-39-36(26-29)34-22-19-27-11-7-8-16-32(27)40(34)42(39)31-14-5-2-6-15-31;1-2-9-25(10-3-1)37-32-15-6-5-12-27(32)30-21-23(17-19-34(30)37)24-18-20-35-31(22-24)29-14-8-13-28-26-11-4-7-16-33(26)38(35)36(28)29/h1-32H;1-26H;1-22H. The van der Waals surface area contributed by atoms with Gasteiger partial charge in [-0.1, -0.05) is 322 Å². The van der Waals surface area contributed by atoms with Crippen molar-refractivity contribution in [3.63, 3.8) is 0 Å². The van der Waals surface area contributed by atoms with E-state index in [1.807, 2.05) is 0 Å². The summed E-state index contributed by atoms with van der Waals surface area (Å²) in [5.74, 6) is 0. The molecule has 0 aliphatic heterocycles. The van der Waals surface area contributed by atoms with Crippen LogP contribution in [0.1, 0.15) is 0 Å². The third-order valence-corrected chi connectivity index (χ3v) is 27.1. The van der Waals surface area contributed by atoms with Gasteiger partial charge in [-0.25, -0.2) is 0 Å². The van der Waals surface area contributed by atoms with E-state index in [0.717, 1.165) is 11.4 Å². The molecule has 28 aromatic rings. The lowest BCUT2D eigenvalue weighted by Crippen LogP contribution is -1.94. The molecule has 0 atom stereocenters. The fourth-order valence-corrected chi connectivity index (χ4v) is 21.2. The minimum atomic E-state index is 1.16. The lowest BCUT2D eigenvalue weighted by molar-refractivity contribution is 1.18. The summed E-state index contributed by atoms with van der Waals surface area (Å²) < 4.78 is 14.4. The van der Waals surface area contributed by atoms with Crippen LogP contribution in [0.25, 0.3) is 242 Å². The Kier molecular flexibility index (Phi) is 17.2. The van der Waals surface area contributed by atoms with Gasteiger partial charge in [0.05, 0.1) is 71.7 Å². The van der Waals surface area contributed by atoms with E-state index in [2.05, 4.69) is 513 Å². The van der Waals surface area contributed by atoms with Gasteiger partial charge in [0.25, 0.3) is 0 Å². The Morgan fingerprint density at radius 2 is 0.331 bits per heavy atom. The third-order valence-electron chi connectivity index (χ3n) is 27.1. The zero-order valence-electron chi connectivity index (χ0n) is 70.9. The van der Waals surface area contributed by atoms with Crippen LogP contribution in [0.15, 0.2) is 485 Å². The number of rotatable bonds is 10. The van der Waals surface area contributed by atoms with E-state index in [1.165, 1.54) is 231 Å². The van der Waals surface area contributed by atoms with Crippen molar-refractivity contribution in [2.45, 2.75) is 0 Å². The summed E-state index contributed by atoms with van der Waals surface area (Å²) >= 11 is 0. The van der Waals surface area contributed by atoms with Gasteiger partial charge in [-0.15, -0.1) is 0 Å². The third kappa shape index (κ3) is 12.0. The molecule has 0 spiro atoms. The molecule has 0 fully saturated rings. The van der Waals surface area contributed by atoms with E-state index in [1.54, 1.807) is 0 Å². The van der Waals surface area contributed by atoms with Crippen molar-refractivity contribution in [1.82, 2.24) is 27.2 Å². The second-order valence-electron chi connectivity index (χ2n) is 34.2. The average molecular weight is 1650 g/mol. The molecule has 7 heterocycles. The van der Waals surface area contributed by atoms with Gasteiger partial charge in [0, 0.05) is 109 Å². The van der Waals surface area contributed by atoms with Gasteiger partial charge in [0.2, 0.25) is 0 Å². The molecule has 0 unspecified atom stereocenters. The van der Waals surface area contributed by atoms with Gasteiger partial charge < -0.3 is 27.2 Å². The molecule has 0 saturated heterocycles. The highest BCUT2D eigenvalue weighted by molar-refractivity contribution is 6.25. The first-order chi connectivity index (χ1) is 64.5. The highest BCUT2D eigenvalue weighted by Gasteiger charge is 2.24. The largest absolute Gasteiger partial charge is 0.309 e. The van der Waals surface area contributed by atoms with E-state index >= 15 is 0 Å². The second kappa shape index (κ2) is 30.2. The number of fused-ring (bicyclic) bond motifs is 23. The van der Waals surface area contributed by atoms with Crippen LogP contribution in [0.4, 0.5) is 0 Å². The molecular weight excluding hydrogens is 1570 g/mol. The smallest absolute Gasteiger partial charge is 0.0620 e. The van der Waals surface area contributed by atoms with E-state index < -0.39 is 0 Å². The number of hydrogen-bond acceptors (Lipinski definition) is 0. The van der Waals surface area contributed by atoms with Gasteiger partial charge in [0.15, 0.2) is 0 Å². The zero-order valence-corrected chi connectivity index (χ0v) is 70.9. The van der Waals surface area contributed by atoms with Gasteiger partial charge in [0.1, 0.15) is 0 Å². The Balaban J connectivity index is 0.000000104. The van der Waals surface area contributed by atoms with E-state index in [0.29, 0.717) is 0 Å². The van der Waals surface area contributed by atoms with Crippen LogP contribution in [0.3, 0.4) is 0 Å². The van der Waals surface area contributed by atoms with Crippen molar-refractivity contribution in [2.24, 2.45) is 0 Å². The molecule has 6 nitrogen and oxygen atoms in total. The van der Waals surface area contributed by atoms with Crippen molar-refractivity contribution < 1.29 is 0 Å². The minimum absolute atomic E-state index is 1.16. The summed E-state index contributed by atoms with van der Waals surface area (Å²) in [5.41, 5.74) is 34.2. The molecular formula is C124H80N6. The average Bonchev–Trinajstić information content (AvgIpc) is 1.54. The summed E-state index contributed by atoms with van der Waals surface area (Å²) in [4.78, 5) is 0. The molecule has 130 heavy (non-hydrogen) atoms. The van der Waals surface area contributed by atoms with E-state index in [9.17, 15) is 0 Å². The number of benzene rings is 21. The molecule has 6 heteroatoms. The summed E-state index contributed by atoms with van der Waals surface area (Å²) in [6, 6.07) is 176. The van der Waals surface area contributed by atoms with Crippen LogP contribution < -0.4 is 0 Å². The summed E-state index contributed by atoms with van der Waals surface area (Å²) in [7, 11) is 0. The number of hydrogen-bond donors (Lipinski definition) is 0. The van der Waals surface area contributed by atoms with Gasteiger partial charge >= 0.3 is 0 Å². The topological polar surface area (TPSA) is 29.1 Å². The molecule has 0 saturated carbocycles.